The van der Waals surface area contributed by atoms with Gasteiger partial charge in [-0.25, -0.2) is 14.2 Å². The predicted molar refractivity (Wildman–Crippen MR) is 152 cm³/mol. The van der Waals surface area contributed by atoms with Crippen molar-refractivity contribution in [1.29, 1.82) is 5.26 Å². The number of rotatable bonds is 6. The van der Waals surface area contributed by atoms with E-state index in [0.29, 0.717) is 23.4 Å². The van der Waals surface area contributed by atoms with E-state index in [1.165, 1.54) is 42.3 Å². The summed E-state index contributed by atoms with van der Waals surface area (Å²) in [6.45, 7) is 4.12. The Hall–Kier alpha value is -3.75. The summed E-state index contributed by atoms with van der Waals surface area (Å²) in [5.41, 5.74) is 5.28. The third kappa shape index (κ3) is 6.20. The van der Waals surface area contributed by atoms with Crippen LogP contribution < -0.4 is 15.5 Å². The SMILES string of the molecule is CN1CCc2c(cc(Nc3ncc(C#N)c(Nc4cccc(N=S(C)(C)=O)n4)n3)cc2N2CCCCC2)C1. The van der Waals surface area contributed by atoms with Crippen molar-refractivity contribution in [2.24, 2.45) is 4.36 Å². The molecule has 0 bridgehead atoms. The van der Waals surface area contributed by atoms with E-state index in [9.17, 15) is 9.47 Å². The van der Waals surface area contributed by atoms with Crippen LogP contribution in [0, 0.1) is 11.3 Å². The van der Waals surface area contributed by atoms with E-state index in [2.05, 4.69) is 65.0 Å². The first-order chi connectivity index (χ1) is 18.3. The van der Waals surface area contributed by atoms with E-state index in [1.54, 1.807) is 30.7 Å². The Morgan fingerprint density at radius 3 is 2.66 bits per heavy atom. The molecule has 1 fully saturated rings. The normalized spacial score (nSPS) is 15.9. The summed E-state index contributed by atoms with van der Waals surface area (Å²) in [6.07, 6.45) is 9.38. The second-order valence-corrected chi connectivity index (χ2v) is 12.7. The highest BCUT2D eigenvalue weighted by Crippen LogP contribution is 2.35. The van der Waals surface area contributed by atoms with Crippen LogP contribution in [0.1, 0.15) is 36.0 Å². The van der Waals surface area contributed by atoms with Crippen LogP contribution in [0.25, 0.3) is 0 Å². The molecule has 0 radical (unpaired) electrons. The lowest BCUT2D eigenvalue weighted by Gasteiger charge is -2.35. The van der Waals surface area contributed by atoms with E-state index in [-0.39, 0.29) is 5.56 Å². The van der Waals surface area contributed by atoms with Gasteiger partial charge in [-0.3, -0.25) is 0 Å². The molecule has 11 heteroatoms. The summed E-state index contributed by atoms with van der Waals surface area (Å²) in [5, 5.41) is 16.1. The zero-order chi connectivity index (χ0) is 26.7. The third-order valence-corrected chi connectivity index (χ3v) is 7.29. The summed E-state index contributed by atoms with van der Waals surface area (Å²) in [5.74, 6) is 1.50. The van der Waals surface area contributed by atoms with Gasteiger partial charge in [0.05, 0.1) is 6.20 Å². The molecule has 1 saturated heterocycles. The molecule has 5 rings (SSSR count). The molecule has 38 heavy (non-hydrogen) atoms. The molecule has 0 aliphatic carbocycles. The maximum Gasteiger partial charge on any atom is 0.229 e. The molecule has 0 saturated carbocycles. The van der Waals surface area contributed by atoms with Crippen LogP contribution in [-0.2, 0) is 22.7 Å². The number of nitrogens with zero attached hydrogens (tertiary/aromatic N) is 7. The van der Waals surface area contributed by atoms with Crippen LogP contribution in [0.4, 0.5) is 34.8 Å². The standard InChI is InChI=1S/C27H33N9OS/c1-35-13-10-22-19(18-35)14-21(15-23(22)36-11-5-4-6-12-36)30-27-29-17-20(16-28)26(33-27)32-24-8-7-9-25(31-24)34-38(2,3)37/h7-9,14-15,17H,4-6,10-13,18H2,1-3H3,(H2,29,30,31,32,33). The first kappa shape index (κ1) is 25.9. The molecule has 2 aliphatic rings. The molecule has 10 nitrogen and oxygen atoms in total. The average molecular weight is 532 g/mol. The van der Waals surface area contributed by atoms with E-state index in [0.717, 1.165) is 38.3 Å². The maximum absolute atomic E-state index is 12.1. The second kappa shape index (κ2) is 10.9. The quantitative estimate of drug-likeness (QED) is 0.471. The monoisotopic (exact) mass is 531 g/mol. The van der Waals surface area contributed by atoms with Gasteiger partial charge >= 0.3 is 0 Å². The molecule has 3 aromatic rings. The fourth-order valence-corrected chi connectivity index (χ4v) is 5.50. The topological polar surface area (TPSA) is 122 Å². The van der Waals surface area contributed by atoms with Crippen molar-refractivity contribution < 1.29 is 4.21 Å². The van der Waals surface area contributed by atoms with E-state index >= 15 is 0 Å². The lowest BCUT2D eigenvalue weighted by Crippen LogP contribution is -2.33. The molecule has 2 aromatic heterocycles. The average Bonchev–Trinajstić information content (AvgIpc) is 2.88. The van der Waals surface area contributed by atoms with Crippen LogP contribution in [0.3, 0.4) is 0 Å². The maximum atomic E-state index is 12.1. The van der Waals surface area contributed by atoms with E-state index < -0.39 is 9.73 Å². The number of aromatic nitrogens is 3. The zero-order valence-electron chi connectivity index (χ0n) is 22.1. The number of fused-ring (bicyclic) bond motifs is 1. The number of nitriles is 1. The van der Waals surface area contributed by atoms with Crippen molar-refractivity contribution >= 4 is 44.5 Å². The van der Waals surface area contributed by atoms with Crippen LogP contribution >= 0.6 is 0 Å². The number of piperidine rings is 1. The second-order valence-electron chi connectivity index (χ2n) is 10.1. The third-order valence-electron chi connectivity index (χ3n) is 6.66. The van der Waals surface area contributed by atoms with Crippen molar-refractivity contribution in [1.82, 2.24) is 19.9 Å². The minimum absolute atomic E-state index is 0.288. The number of pyridine rings is 1. The minimum atomic E-state index is -2.35. The zero-order valence-corrected chi connectivity index (χ0v) is 22.9. The summed E-state index contributed by atoms with van der Waals surface area (Å²) in [6, 6.07) is 11.7. The molecule has 0 atom stereocenters. The largest absolute Gasteiger partial charge is 0.371 e. The Kier molecular flexibility index (Phi) is 7.44. The van der Waals surface area contributed by atoms with Crippen molar-refractivity contribution in [3.63, 3.8) is 0 Å². The number of anilines is 5. The number of hydrogen-bond acceptors (Lipinski definition) is 10. The van der Waals surface area contributed by atoms with Crippen molar-refractivity contribution in [2.45, 2.75) is 32.2 Å². The number of benzene rings is 1. The van der Waals surface area contributed by atoms with E-state index in [1.807, 2.05) is 0 Å². The summed E-state index contributed by atoms with van der Waals surface area (Å²) in [4.78, 5) is 18.3. The van der Waals surface area contributed by atoms with Gasteiger partial charge in [-0.1, -0.05) is 6.07 Å². The van der Waals surface area contributed by atoms with Gasteiger partial charge < -0.3 is 20.4 Å². The Morgan fingerprint density at radius 1 is 1.08 bits per heavy atom. The van der Waals surface area contributed by atoms with Crippen LogP contribution in [-0.4, -0.2) is 63.3 Å². The molecule has 0 amide bonds. The van der Waals surface area contributed by atoms with Gasteiger partial charge in [0, 0.05) is 59.8 Å². The first-order valence-electron chi connectivity index (χ1n) is 12.8. The van der Waals surface area contributed by atoms with Gasteiger partial charge in [0.2, 0.25) is 5.95 Å². The van der Waals surface area contributed by atoms with Crippen LogP contribution in [0.5, 0.6) is 0 Å². The van der Waals surface area contributed by atoms with Gasteiger partial charge in [-0.05, 0) is 68.1 Å². The highest BCUT2D eigenvalue weighted by Gasteiger charge is 2.22. The summed E-state index contributed by atoms with van der Waals surface area (Å²) >= 11 is 0. The molecule has 198 valence electrons. The molecular formula is C27H33N9OS. The number of likely N-dealkylation sites (N-methyl/N-ethyl adjacent to an activating group) is 1. The Morgan fingerprint density at radius 2 is 1.89 bits per heavy atom. The summed E-state index contributed by atoms with van der Waals surface area (Å²) < 4.78 is 16.2. The minimum Gasteiger partial charge on any atom is -0.371 e. The highest BCUT2D eigenvalue weighted by atomic mass is 32.2. The lowest BCUT2D eigenvalue weighted by atomic mass is 9.95. The molecule has 4 heterocycles. The van der Waals surface area contributed by atoms with Crippen LogP contribution in [0.2, 0.25) is 0 Å². The van der Waals surface area contributed by atoms with Gasteiger partial charge in [0.15, 0.2) is 11.6 Å². The number of nitrogens with one attached hydrogen (secondary N) is 2. The van der Waals surface area contributed by atoms with Crippen molar-refractivity contribution in [3.8, 4) is 6.07 Å². The van der Waals surface area contributed by atoms with Crippen molar-refractivity contribution in [2.75, 3.05) is 54.7 Å². The molecule has 2 N–H and O–H groups in total. The molecule has 1 aromatic carbocycles. The fraction of sp³-hybridized carbons (Fsp3) is 0.407. The first-order valence-corrected chi connectivity index (χ1v) is 15.2. The molecular weight excluding hydrogens is 498 g/mol. The fourth-order valence-electron chi connectivity index (χ4n) is 4.95. The number of hydrogen-bond donors (Lipinski definition) is 2. The predicted octanol–water partition coefficient (Wildman–Crippen LogP) is 4.57. The highest BCUT2D eigenvalue weighted by molar-refractivity contribution is 7.92. The molecule has 0 unspecified atom stereocenters. The van der Waals surface area contributed by atoms with Gasteiger partial charge in [-0.15, -0.1) is 0 Å². The Labute approximate surface area is 224 Å². The smallest absolute Gasteiger partial charge is 0.229 e. The van der Waals surface area contributed by atoms with Gasteiger partial charge in [0.25, 0.3) is 0 Å². The van der Waals surface area contributed by atoms with Gasteiger partial charge in [0.1, 0.15) is 17.5 Å². The van der Waals surface area contributed by atoms with E-state index in [4.69, 9.17) is 0 Å². The Balaban J connectivity index is 1.45. The molecule has 0 spiro atoms. The molecule has 2 aliphatic heterocycles. The lowest BCUT2D eigenvalue weighted by molar-refractivity contribution is 0.313. The summed E-state index contributed by atoms with van der Waals surface area (Å²) in [7, 11) is -0.199. The van der Waals surface area contributed by atoms with Gasteiger partial charge in [-0.2, -0.15) is 14.6 Å². The van der Waals surface area contributed by atoms with Crippen molar-refractivity contribution in [3.05, 3.63) is 53.2 Å². The van der Waals surface area contributed by atoms with Crippen LogP contribution in [0.15, 0.2) is 40.9 Å². The Bertz CT molecular complexity index is 1490.